The van der Waals surface area contributed by atoms with E-state index in [1.807, 2.05) is 38.0 Å². The summed E-state index contributed by atoms with van der Waals surface area (Å²) in [5.41, 5.74) is 2.49. The van der Waals surface area contributed by atoms with Crippen molar-refractivity contribution in [2.75, 3.05) is 6.61 Å². The van der Waals surface area contributed by atoms with Crippen molar-refractivity contribution in [3.05, 3.63) is 35.4 Å². The Morgan fingerprint density at radius 1 is 1.42 bits per heavy atom. The number of carbonyl (C=O) groups excluding carboxylic acids is 1. The molecular weight excluding hydrogens is 306 g/mol. The summed E-state index contributed by atoms with van der Waals surface area (Å²) in [6.45, 7) is 5.58. The zero-order chi connectivity index (χ0) is 17.1. The third-order valence-corrected chi connectivity index (χ3v) is 4.43. The molecule has 1 fully saturated rings. The van der Waals surface area contributed by atoms with Gasteiger partial charge in [-0.1, -0.05) is 6.92 Å². The Hall–Kier alpha value is -2.15. The van der Waals surface area contributed by atoms with Crippen LogP contribution in [0.4, 0.5) is 0 Å². The number of aryl methyl sites for hydroxylation is 3. The fourth-order valence-electron chi connectivity index (χ4n) is 3.19. The maximum Gasteiger partial charge on any atom is 0.255 e. The number of rotatable bonds is 5. The number of hydrogen-bond donors (Lipinski definition) is 1. The number of nitrogens with zero attached hydrogens (tertiary/aromatic N) is 4. The van der Waals surface area contributed by atoms with Crippen molar-refractivity contribution in [1.29, 1.82) is 0 Å². The van der Waals surface area contributed by atoms with Crippen LogP contribution >= 0.6 is 0 Å². The Bertz CT molecular complexity index is 706. The third kappa shape index (κ3) is 3.36. The molecule has 0 saturated carbocycles. The molecule has 1 amide bonds. The second-order valence-corrected chi connectivity index (χ2v) is 6.16. The average Bonchev–Trinajstić information content (AvgIpc) is 3.21. The van der Waals surface area contributed by atoms with E-state index in [1.54, 1.807) is 10.9 Å². The Morgan fingerprint density at radius 3 is 2.96 bits per heavy atom. The summed E-state index contributed by atoms with van der Waals surface area (Å²) < 4.78 is 9.51. The fraction of sp³-hybridized carbons (Fsp3) is 0.588. The Labute approximate surface area is 142 Å². The zero-order valence-corrected chi connectivity index (χ0v) is 14.5. The monoisotopic (exact) mass is 331 g/mol. The van der Waals surface area contributed by atoms with Crippen LogP contribution in [0.2, 0.25) is 0 Å². The minimum Gasteiger partial charge on any atom is -0.371 e. The summed E-state index contributed by atoms with van der Waals surface area (Å²) in [5, 5.41) is 11.8. The van der Waals surface area contributed by atoms with Crippen LogP contribution < -0.4 is 5.32 Å². The third-order valence-electron chi connectivity index (χ3n) is 4.43. The highest BCUT2D eigenvalue weighted by Gasteiger charge is 2.30. The Balaban J connectivity index is 1.77. The lowest BCUT2D eigenvalue weighted by atomic mass is 9.97. The first kappa shape index (κ1) is 16.7. The summed E-state index contributed by atoms with van der Waals surface area (Å²) in [6.07, 6.45) is 8.03. The minimum absolute atomic E-state index is 0.0503. The smallest absolute Gasteiger partial charge is 0.255 e. The molecule has 24 heavy (non-hydrogen) atoms. The minimum atomic E-state index is -0.148. The molecule has 1 aliphatic heterocycles. The van der Waals surface area contributed by atoms with Crippen molar-refractivity contribution < 1.29 is 9.53 Å². The van der Waals surface area contributed by atoms with Crippen molar-refractivity contribution in [2.45, 2.75) is 51.8 Å². The number of nitrogens with one attached hydrogen (secondary N) is 1. The number of aromatic nitrogens is 4. The quantitative estimate of drug-likeness (QED) is 0.907. The van der Waals surface area contributed by atoms with Gasteiger partial charge >= 0.3 is 0 Å². The van der Waals surface area contributed by atoms with Crippen LogP contribution in [-0.4, -0.2) is 38.1 Å². The Kier molecular flexibility index (Phi) is 4.99. The van der Waals surface area contributed by atoms with Crippen molar-refractivity contribution in [3.63, 3.8) is 0 Å². The number of ether oxygens (including phenoxy) is 1. The first-order chi connectivity index (χ1) is 11.6. The van der Waals surface area contributed by atoms with Crippen LogP contribution in [-0.2, 0) is 24.8 Å². The average molecular weight is 331 g/mol. The predicted octanol–water partition coefficient (Wildman–Crippen LogP) is 1.85. The highest BCUT2D eigenvalue weighted by molar-refractivity contribution is 5.95. The molecule has 0 radical (unpaired) electrons. The molecule has 2 aromatic rings. The molecule has 1 saturated heterocycles. The van der Waals surface area contributed by atoms with Gasteiger partial charge in [0.2, 0.25) is 0 Å². The topological polar surface area (TPSA) is 74.0 Å². The molecule has 1 aliphatic rings. The summed E-state index contributed by atoms with van der Waals surface area (Å²) in [6, 6.07) is -0.0503. The van der Waals surface area contributed by atoms with Gasteiger partial charge in [-0.15, -0.1) is 0 Å². The predicted molar refractivity (Wildman–Crippen MR) is 89.7 cm³/mol. The van der Waals surface area contributed by atoms with Gasteiger partial charge in [-0.25, -0.2) is 0 Å². The molecule has 0 bridgehead atoms. The van der Waals surface area contributed by atoms with Gasteiger partial charge in [0.25, 0.3) is 5.91 Å². The normalized spacial score (nSPS) is 21.0. The lowest BCUT2D eigenvalue weighted by Gasteiger charge is -2.31. The highest BCUT2D eigenvalue weighted by atomic mass is 16.5. The molecule has 0 spiro atoms. The van der Waals surface area contributed by atoms with E-state index >= 15 is 0 Å². The van der Waals surface area contributed by atoms with Crippen molar-refractivity contribution in [3.8, 4) is 0 Å². The summed E-state index contributed by atoms with van der Waals surface area (Å²) in [7, 11) is 1.83. The number of carbonyl (C=O) groups is 1. The van der Waals surface area contributed by atoms with E-state index < -0.39 is 0 Å². The molecule has 0 aromatic carbocycles. The van der Waals surface area contributed by atoms with Gasteiger partial charge in [-0.2, -0.15) is 10.2 Å². The zero-order valence-electron chi connectivity index (χ0n) is 14.5. The van der Waals surface area contributed by atoms with Crippen LogP contribution in [0, 0.1) is 0 Å². The molecule has 3 heterocycles. The molecule has 0 aliphatic carbocycles. The van der Waals surface area contributed by atoms with Gasteiger partial charge in [0.1, 0.15) is 6.10 Å². The maximum absolute atomic E-state index is 12.7. The van der Waals surface area contributed by atoms with E-state index in [0.717, 1.165) is 37.1 Å². The molecule has 0 unspecified atom stereocenters. The Morgan fingerprint density at radius 2 is 2.25 bits per heavy atom. The van der Waals surface area contributed by atoms with Gasteiger partial charge in [-0.3, -0.25) is 14.2 Å². The number of amides is 1. The SMILES string of the molecule is CCc1nn(C)cc1C(=O)N[C@H]1CCCO[C@@H]1c1cnn(CC)c1. The molecule has 2 aromatic heterocycles. The molecule has 7 heteroatoms. The summed E-state index contributed by atoms with van der Waals surface area (Å²) in [5.74, 6) is -0.0802. The van der Waals surface area contributed by atoms with E-state index in [4.69, 9.17) is 4.74 Å². The van der Waals surface area contributed by atoms with E-state index in [-0.39, 0.29) is 18.1 Å². The fourth-order valence-corrected chi connectivity index (χ4v) is 3.19. The van der Waals surface area contributed by atoms with Crippen LogP contribution in [0.25, 0.3) is 0 Å². The van der Waals surface area contributed by atoms with Gasteiger partial charge in [-0.05, 0) is 26.2 Å². The standard InChI is InChI=1S/C17H25N5O2/c1-4-14-13(11-21(3)20-14)17(23)19-15-7-6-8-24-16(15)12-9-18-22(5-2)10-12/h9-11,15-16H,4-8H2,1-3H3,(H,19,23)/t15-,16+/m0/s1. The molecular formula is C17H25N5O2. The molecule has 2 atom stereocenters. The molecule has 130 valence electrons. The lowest BCUT2D eigenvalue weighted by Crippen LogP contribution is -2.42. The molecule has 1 N–H and O–H groups in total. The van der Waals surface area contributed by atoms with E-state index in [0.29, 0.717) is 12.2 Å². The van der Waals surface area contributed by atoms with Gasteiger partial charge in [0.05, 0.1) is 23.5 Å². The second-order valence-electron chi connectivity index (χ2n) is 6.16. The number of hydrogen-bond acceptors (Lipinski definition) is 4. The van der Waals surface area contributed by atoms with Crippen LogP contribution in [0.3, 0.4) is 0 Å². The largest absolute Gasteiger partial charge is 0.371 e. The second kappa shape index (κ2) is 7.17. The lowest BCUT2D eigenvalue weighted by molar-refractivity contribution is -0.00951. The van der Waals surface area contributed by atoms with E-state index in [1.165, 1.54) is 0 Å². The first-order valence-electron chi connectivity index (χ1n) is 8.59. The van der Waals surface area contributed by atoms with E-state index in [9.17, 15) is 4.79 Å². The van der Waals surface area contributed by atoms with Gasteiger partial charge in [0.15, 0.2) is 0 Å². The van der Waals surface area contributed by atoms with Crippen molar-refractivity contribution >= 4 is 5.91 Å². The van der Waals surface area contributed by atoms with E-state index in [2.05, 4.69) is 15.5 Å². The highest BCUT2D eigenvalue weighted by Crippen LogP contribution is 2.28. The molecule has 7 nitrogen and oxygen atoms in total. The first-order valence-corrected chi connectivity index (χ1v) is 8.59. The van der Waals surface area contributed by atoms with Crippen LogP contribution in [0.1, 0.15) is 54.4 Å². The van der Waals surface area contributed by atoms with Gasteiger partial charge in [0, 0.05) is 38.2 Å². The molecule has 3 rings (SSSR count). The van der Waals surface area contributed by atoms with Crippen molar-refractivity contribution in [2.24, 2.45) is 7.05 Å². The summed E-state index contributed by atoms with van der Waals surface area (Å²) >= 11 is 0. The maximum atomic E-state index is 12.7. The van der Waals surface area contributed by atoms with Crippen molar-refractivity contribution in [1.82, 2.24) is 24.9 Å². The van der Waals surface area contributed by atoms with Crippen LogP contribution in [0.15, 0.2) is 18.6 Å². The van der Waals surface area contributed by atoms with Crippen LogP contribution in [0.5, 0.6) is 0 Å². The van der Waals surface area contributed by atoms with Gasteiger partial charge < -0.3 is 10.1 Å². The summed E-state index contributed by atoms with van der Waals surface area (Å²) in [4.78, 5) is 12.7.